The van der Waals surface area contributed by atoms with E-state index in [1.54, 1.807) is 13.8 Å². The number of amides is 1. The van der Waals surface area contributed by atoms with E-state index in [4.69, 9.17) is 14.2 Å². The van der Waals surface area contributed by atoms with Crippen LogP contribution in [0, 0.1) is 0 Å². The molecule has 15 heavy (non-hydrogen) atoms. The van der Waals surface area contributed by atoms with Crippen LogP contribution in [0.1, 0.15) is 20.8 Å². The van der Waals surface area contributed by atoms with Gasteiger partial charge in [-0.25, -0.2) is 4.79 Å². The number of rotatable bonds is 4. The largest absolute Gasteiger partial charge is 0.464 e. The SMILES string of the molecule is CCOC(=O)C(NC(C)=O)C1OC(C)O1. The Morgan fingerprint density at radius 2 is 2.07 bits per heavy atom. The van der Waals surface area contributed by atoms with Crippen molar-refractivity contribution in [2.45, 2.75) is 39.4 Å². The quantitative estimate of drug-likeness (QED) is 0.658. The highest BCUT2D eigenvalue weighted by Crippen LogP contribution is 2.19. The summed E-state index contributed by atoms with van der Waals surface area (Å²) in [6.45, 7) is 4.95. The van der Waals surface area contributed by atoms with Crippen LogP contribution in [0.25, 0.3) is 0 Å². The molecule has 6 nitrogen and oxygen atoms in total. The molecule has 1 heterocycles. The Morgan fingerprint density at radius 1 is 1.47 bits per heavy atom. The zero-order valence-corrected chi connectivity index (χ0v) is 8.98. The monoisotopic (exact) mass is 217 g/mol. The zero-order valence-electron chi connectivity index (χ0n) is 8.98. The molecular formula is C9H15NO5. The van der Waals surface area contributed by atoms with E-state index < -0.39 is 18.3 Å². The minimum Gasteiger partial charge on any atom is -0.464 e. The smallest absolute Gasteiger partial charge is 0.333 e. The average Bonchev–Trinajstić information content (AvgIpc) is 2.09. The van der Waals surface area contributed by atoms with Crippen molar-refractivity contribution >= 4 is 11.9 Å². The second-order valence-corrected chi connectivity index (χ2v) is 3.14. The molecule has 0 bridgehead atoms. The first kappa shape index (κ1) is 11.9. The summed E-state index contributed by atoms with van der Waals surface area (Å²) in [7, 11) is 0. The van der Waals surface area contributed by atoms with Crippen LogP contribution in [0.5, 0.6) is 0 Å². The molecule has 0 radical (unpaired) electrons. The standard InChI is InChI=1S/C9H15NO5/c1-4-13-8(12)7(10-5(2)11)9-14-6(3)15-9/h6-7,9H,4H2,1-3H3,(H,10,11). The van der Waals surface area contributed by atoms with E-state index in [9.17, 15) is 9.59 Å². The molecule has 0 aromatic rings. The molecule has 0 aromatic heterocycles. The van der Waals surface area contributed by atoms with E-state index in [0.717, 1.165) is 0 Å². The fraction of sp³-hybridized carbons (Fsp3) is 0.778. The van der Waals surface area contributed by atoms with Crippen molar-refractivity contribution < 1.29 is 23.8 Å². The lowest BCUT2D eigenvalue weighted by molar-refractivity contribution is -0.380. The van der Waals surface area contributed by atoms with Crippen molar-refractivity contribution in [3.8, 4) is 0 Å². The first-order valence-electron chi connectivity index (χ1n) is 4.79. The summed E-state index contributed by atoms with van der Waals surface area (Å²) in [4.78, 5) is 22.3. The Labute approximate surface area is 87.9 Å². The summed E-state index contributed by atoms with van der Waals surface area (Å²) in [5.74, 6) is -0.885. The molecule has 1 aliphatic heterocycles. The van der Waals surface area contributed by atoms with Gasteiger partial charge in [0.05, 0.1) is 6.61 Å². The van der Waals surface area contributed by atoms with E-state index in [0.29, 0.717) is 0 Å². The predicted octanol–water partition coefficient (Wildman–Crippen LogP) is -0.227. The molecule has 0 aromatic carbocycles. The van der Waals surface area contributed by atoms with Crippen molar-refractivity contribution in [2.24, 2.45) is 0 Å². The van der Waals surface area contributed by atoms with Crippen LogP contribution < -0.4 is 5.32 Å². The number of carbonyl (C=O) groups excluding carboxylic acids is 2. The highest BCUT2D eigenvalue weighted by molar-refractivity contribution is 5.83. The predicted molar refractivity (Wildman–Crippen MR) is 49.7 cm³/mol. The van der Waals surface area contributed by atoms with Crippen molar-refractivity contribution in [1.29, 1.82) is 0 Å². The number of esters is 1. The van der Waals surface area contributed by atoms with E-state index in [1.165, 1.54) is 6.92 Å². The second kappa shape index (κ2) is 5.09. The fourth-order valence-electron chi connectivity index (χ4n) is 1.23. The summed E-state index contributed by atoms with van der Waals surface area (Å²) in [5, 5.41) is 2.42. The Bertz CT molecular complexity index is 249. The molecule has 86 valence electrons. The maximum atomic E-state index is 11.4. The third kappa shape index (κ3) is 3.17. The maximum absolute atomic E-state index is 11.4. The lowest BCUT2D eigenvalue weighted by atomic mass is 10.2. The van der Waals surface area contributed by atoms with Gasteiger partial charge in [-0.3, -0.25) is 4.79 Å². The minimum atomic E-state index is -0.890. The average molecular weight is 217 g/mol. The maximum Gasteiger partial charge on any atom is 0.333 e. The van der Waals surface area contributed by atoms with Crippen LogP contribution in [0.2, 0.25) is 0 Å². The van der Waals surface area contributed by atoms with Gasteiger partial charge in [0.1, 0.15) is 0 Å². The Morgan fingerprint density at radius 3 is 2.47 bits per heavy atom. The molecule has 1 amide bonds. The number of hydrogen-bond acceptors (Lipinski definition) is 5. The van der Waals surface area contributed by atoms with Gasteiger partial charge < -0.3 is 19.5 Å². The third-order valence-corrected chi connectivity index (χ3v) is 1.82. The Kier molecular flexibility index (Phi) is 4.05. The molecule has 6 heteroatoms. The van der Waals surface area contributed by atoms with Gasteiger partial charge >= 0.3 is 5.97 Å². The lowest BCUT2D eigenvalue weighted by Gasteiger charge is -2.37. The molecule has 1 N–H and O–H groups in total. The van der Waals surface area contributed by atoms with Gasteiger partial charge in [-0.15, -0.1) is 0 Å². The Hall–Kier alpha value is -1.14. The molecular weight excluding hydrogens is 202 g/mol. The highest BCUT2D eigenvalue weighted by atomic mass is 16.9. The van der Waals surface area contributed by atoms with Gasteiger partial charge in [-0.1, -0.05) is 0 Å². The van der Waals surface area contributed by atoms with Gasteiger partial charge in [0.2, 0.25) is 5.91 Å². The number of carbonyl (C=O) groups is 2. The van der Waals surface area contributed by atoms with Crippen molar-refractivity contribution in [3.05, 3.63) is 0 Å². The van der Waals surface area contributed by atoms with Gasteiger partial charge in [0, 0.05) is 6.92 Å². The summed E-state index contributed by atoms with van der Waals surface area (Å²) in [6, 6.07) is -0.890. The van der Waals surface area contributed by atoms with Crippen LogP contribution in [-0.2, 0) is 23.8 Å². The van der Waals surface area contributed by atoms with Crippen LogP contribution in [0.4, 0.5) is 0 Å². The summed E-state index contributed by atoms with van der Waals surface area (Å²) >= 11 is 0. The molecule has 0 saturated carbocycles. The summed E-state index contributed by atoms with van der Waals surface area (Å²) in [5.41, 5.74) is 0. The topological polar surface area (TPSA) is 73.9 Å². The molecule has 0 spiro atoms. The minimum absolute atomic E-state index is 0.247. The van der Waals surface area contributed by atoms with Gasteiger partial charge in [-0.05, 0) is 13.8 Å². The summed E-state index contributed by atoms with van der Waals surface area (Å²) in [6.07, 6.45) is -1.09. The molecule has 1 rings (SSSR count). The number of ether oxygens (including phenoxy) is 3. The van der Waals surface area contributed by atoms with Crippen molar-refractivity contribution in [1.82, 2.24) is 5.32 Å². The van der Waals surface area contributed by atoms with Crippen LogP contribution >= 0.6 is 0 Å². The molecule has 0 aliphatic carbocycles. The molecule has 1 aliphatic rings. The molecule has 1 atom stereocenters. The first-order valence-corrected chi connectivity index (χ1v) is 4.79. The lowest BCUT2D eigenvalue weighted by Crippen LogP contribution is -2.57. The number of nitrogens with one attached hydrogen (secondary N) is 1. The van der Waals surface area contributed by atoms with Gasteiger partial charge in [-0.2, -0.15) is 0 Å². The van der Waals surface area contributed by atoms with Crippen LogP contribution in [0.15, 0.2) is 0 Å². The van der Waals surface area contributed by atoms with Gasteiger partial charge in [0.25, 0.3) is 0 Å². The fourth-order valence-corrected chi connectivity index (χ4v) is 1.23. The second-order valence-electron chi connectivity index (χ2n) is 3.14. The van der Waals surface area contributed by atoms with Crippen molar-refractivity contribution in [2.75, 3.05) is 6.61 Å². The molecule has 1 saturated heterocycles. The normalized spacial score (nSPS) is 26.3. The first-order chi connectivity index (χ1) is 7.04. The molecule has 1 fully saturated rings. The van der Waals surface area contributed by atoms with E-state index in [2.05, 4.69) is 5.32 Å². The molecule has 1 unspecified atom stereocenters. The zero-order chi connectivity index (χ0) is 11.4. The highest BCUT2D eigenvalue weighted by Gasteiger charge is 2.40. The van der Waals surface area contributed by atoms with E-state index >= 15 is 0 Å². The van der Waals surface area contributed by atoms with E-state index in [-0.39, 0.29) is 18.8 Å². The van der Waals surface area contributed by atoms with Gasteiger partial charge in [0.15, 0.2) is 18.6 Å². The number of hydrogen-bond donors (Lipinski definition) is 1. The Balaban J connectivity index is 2.53. The summed E-state index contributed by atoms with van der Waals surface area (Å²) < 4.78 is 15.0. The van der Waals surface area contributed by atoms with E-state index in [1.807, 2.05) is 0 Å². The van der Waals surface area contributed by atoms with Crippen molar-refractivity contribution in [3.63, 3.8) is 0 Å². The van der Waals surface area contributed by atoms with Crippen LogP contribution in [0.3, 0.4) is 0 Å². The van der Waals surface area contributed by atoms with Crippen LogP contribution in [-0.4, -0.2) is 37.1 Å². The third-order valence-electron chi connectivity index (χ3n) is 1.82.